The van der Waals surface area contributed by atoms with Crippen molar-refractivity contribution in [3.8, 4) is 0 Å². The summed E-state index contributed by atoms with van der Waals surface area (Å²) in [5.41, 5.74) is 0.262. The number of carbonyl (C=O) groups is 4. The van der Waals surface area contributed by atoms with Crippen molar-refractivity contribution in [2.75, 3.05) is 14.2 Å². The maximum absolute atomic E-state index is 12.9. The van der Waals surface area contributed by atoms with Gasteiger partial charge in [-0.25, -0.2) is 19.8 Å². The molecule has 0 saturated carbocycles. The minimum Gasteiger partial charge on any atom is -0.466 e. The number of ether oxygens (including phenoxy) is 4. The maximum atomic E-state index is 12.9. The molecule has 0 aromatic rings. The predicted molar refractivity (Wildman–Crippen MR) is 146 cm³/mol. The number of hydrogen-bond donors (Lipinski definition) is 2. The second-order valence-electron chi connectivity index (χ2n) is 11.7. The molecular weight excluding hydrogens is 508 g/mol. The topological polar surface area (TPSA) is 145 Å². The Balaban J connectivity index is 3.49. The molecule has 222 valence electrons. The van der Waals surface area contributed by atoms with Crippen LogP contribution in [0, 0.1) is 5.92 Å². The molecule has 12 nitrogen and oxygen atoms in total. The summed E-state index contributed by atoms with van der Waals surface area (Å²) >= 11 is 0. The predicted octanol–water partition coefficient (Wildman–Crippen LogP) is 3.89. The van der Waals surface area contributed by atoms with Crippen LogP contribution in [0.3, 0.4) is 0 Å². The van der Waals surface area contributed by atoms with Gasteiger partial charge in [0.1, 0.15) is 17.5 Å². The highest BCUT2D eigenvalue weighted by Crippen LogP contribution is 2.37. The number of esters is 1. The lowest BCUT2D eigenvalue weighted by atomic mass is 9.80. The zero-order valence-corrected chi connectivity index (χ0v) is 25.2. The number of nitrogens with one attached hydrogen (secondary N) is 2. The molecule has 0 saturated heterocycles. The molecule has 0 bridgehead atoms. The maximum Gasteiger partial charge on any atom is 0.435 e. The molecule has 4 atom stereocenters. The highest BCUT2D eigenvalue weighted by Gasteiger charge is 2.45. The van der Waals surface area contributed by atoms with E-state index in [0.717, 1.165) is 17.8 Å². The van der Waals surface area contributed by atoms with Crippen LogP contribution in [-0.2, 0) is 28.5 Å². The Morgan fingerprint density at radius 1 is 1.08 bits per heavy atom. The molecule has 1 rings (SSSR count). The molecule has 12 heteroatoms. The molecule has 0 aromatic heterocycles. The first-order chi connectivity index (χ1) is 17.9. The van der Waals surface area contributed by atoms with Gasteiger partial charge in [-0.05, 0) is 54.9 Å². The molecule has 0 spiro atoms. The summed E-state index contributed by atoms with van der Waals surface area (Å²) in [7, 11) is 2.85. The van der Waals surface area contributed by atoms with Gasteiger partial charge >= 0.3 is 18.2 Å². The van der Waals surface area contributed by atoms with E-state index in [0.29, 0.717) is 12.0 Å². The lowest BCUT2D eigenvalue weighted by Crippen LogP contribution is -2.57. The molecule has 1 aliphatic carbocycles. The Kier molecular flexibility index (Phi) is 12.0. The lowest BCUT2D eigenvalue weighted by Gasteiger charge is -2.41. The molecule has 0 fully saturated rings. The van der Waals surface area contributed by atoms with E-state index in [1.807, 2.05) is 13.8 Å². The minimum atomic E-state index is -0.890. The van der Waals surface area contributed by atoms with Crippen molar-refractivity contribution in [1.82, 2.24) is 15.8 Å². The number of hydrazine groups is 1. The molecular formula is C27H46N4O8. The quantitative estimate of drug-likeness (QED) is 0.144. The summed E-state index contributed by atoms with van der Waals surface area (Å²) < 4.78 is 21.5. The average Bonchev–Trinajstić information content (AvgIpc) is 3.20. The first-order valence-electron chi connectivity index (χ1n) is 13.0. The zero-order valence-electron chi connectivity index (χ0n) is 25.2. The van der Waals surface area contributed by atoms with E-state index >= 15 is 0 Å². The molecule has 0 heterocycles. The largest absolute Gasteiger partial charge is 0.466 e. The fourth-order valence-electron chi connectivity index (χ4n) is 4.27. The van der Waals surface area contributed by atoms with Crippen LogP contribution in [0.1, 0.15) is 81.6 Å². The van der Waals surface area contributed by atoms with Crippen LogP contribution in [0.4, 0.5) is 9.59 Å². The van der Waals surface area contributed by atoms with Crippen molar-refractivity contribution in [1.29, 1.82) is 0 Å². The Hall–Kier alpha value is -3.15. The van der Waals surface area contributed by atoms with Crippen molar-refractivity contribution in [3.63, 3.8) is 0 Å². The molecule has 0 aliphatic heterocycles. The number of aliphatic imine (C=N–C) groups is 1. The second kappa shape index (κ2) is 13.8. The highest BCUT2D eigenvalue weighted by atomic mass is 16.6. The zero-order chi connectivity index (χ0) is 30.2. The summed E-state index contributed by atoms with van der Waals surface area (Å²) in [4.78, 5) is 54.6. The van der Waals surface area contributed by atoms with Crippen LogP contribution in [0.2, 0.25) is 0 Å². The third-order valence-corrected chi connectivity index (χ3v) is 5.90. The van der Waals surface area contributed by atoms with Gasteiger partial charge in [0.25, 0.3) is 0 Å². The summed E-state index contributed by atoms with van der Waals surface area (Å²) in [6.07, 6.45) is 2.64. The molecule has 0 unspecified atom stereocenters. The summed E-state index contributed by atoms with van der Waals surface area (Å²) in [5, 5.41) is 3.77. The first kappa shape index (κ1) is 33.9. The van der Waals surface area contributed by atoms with Gasteiger partial charge in [-0.15, -0.1) is 0 Å². The van der Waals surface area contributed by atoms with Gasteiger partial charge < -0.3 is 24.3 Å². The van der Waals surface area contributed by atoms with Crippen LogP contribution in [0.15, 0.2) is 16.6 Å². The van der Waals surface area contributed by atoms with Crippen molar-refractivity contribution in [3.05, 3.63) is 11.6 Å². The third kappa shape index (κ3) is 10.9. The SMILES string of the molecule is CCC[C@](C)(OC)[C@H](NC(C)=O)[C@@H]1C=C(C(=O)OC)C[C@H]1N=CN(NC(=O)OC(C)(C)C)C(=O)OC(C)(C)C. The Labute approximate surface area is 231 Å². The molecule has 0 aromatic carbocycles. The summed E-state index contributed by atoms with van der Waals surface area (Å²) in [6.45, 7) is 15.4. The fourth-order valence-corrected chi connectivity index (χ4v) is 4.27. The van der Waals surface area contributed by atoms with Gasteiger partial charge in [-0.2, -0.15) is 5.01 Å². The van der Waals surface area contributed by atoms with Gasteiger partial charge in [0.05, 0.1) is 24.8 Å². The molecule has 0 radical (unpaired) electrons. The van der Waals surface area contributed by atoms with Gasteiger partial charge in [0.15, 0.2) is 0 Å². The Bertz CT molecular complexity index is 950. The normalized spacial score (nSPS) is 19.9. The van der Waals surface area contributed by atoms with Gasteiger partial charge in [0, 0.05) is 31.9 Å². The van der Waals surface area contributed by atoms with Crippen LogP contribution < -0.4 is 10.7 Å². The standard InChI is InChI=1S/C27H46N4O8/c1-12-13-27(9,37-11)21(29-17(2)32)19-14-18(22(33)36-10)15-20(19)28-16-31(24(35)39-26(6,7)8)30-23(34)38-25(3,4)5/h14,16,19-21H,12-13,15H2,1-11H3,(H,29,32)(H,30,34)/t19-,20-,21-,27+/m1/s1. The first-order valence-corrected chi connectivity index (χ1v) is 13.0. The van der Waals surface area contributed by atoms with Crippen molar-refractivity contribution in [2.24, 2.45) is 10.9 Å². The smallest absolute Gasteiger partial charge is 0.435 e. The van der Waals surface area contributed by atoms with Crippen molar-refractivity contribution >= 4 is 30.4 Å². The number of amides is 3. The summed E-state index contributed by atoms with van der Waals surface area (Å²) in [5.74, 6) is -1.30. The molecule has 3 amide bonds. The molecule has 39 heavy (non-hydrogen) atoms. The van der Waals surface area contributed by atoms with Crippen molar-refractivity contribution < 1.29 is 38.1 Å². The van der Waals surface area contributed by atoms with Crippen LogP contribution in [0.25, 0.3) is 0 Å². The van der Waals surface area contributed by atoms with Crippen LogP contribution in [0.5, 0.6) is 0 Å². The second-order valence-corrected chi connectivity index (χ2v) is 11.7. The van der Waals surface area contributed by atoms with E-state index in [1.165, 1.54) is 14.0 Å². The van der Waals surface area contributed by atoms with E-state index < -0.39 is 53.0 Å². The molecule has 1 aliphatic rings. The number of methoxy groups -OCH3 is 2. The number of nitrogens with zero attached hydrogens (tertiary/aromatic N) is 2. The lowest BCUT2D eigenvalue weighted by molar-refractivity contribution is -0.136. The number of carbonyl (C=O) groups excluding carboxylic acids is 4. The Morgan fingerprint density at radius 2 is 1.67 bits per heavy atom. The van der Waals surface area contributed by atoms with Gasteiger partial charge in [0.2, 0.25) is 5.91 Å². The number of rotatable bonds is 9. The van der Waals surface area contributed by atoms with E-state index in [-0.39, 0.29) is 12.3 Å². The van der Waals surface area contributed by atoms with E-state index in [1.54, 1.807) is 54.7 Å². The van der Waals surface area contributed by atoms with E-state index in [4.69, 9.17) is 18.9 Å². The fraction of sp³-hybridized carbons (Fsp3) is 0.741. The number of hydrogen-bond acceptors (Lipinski definition) is 9. The van der Waals surface area contributed by atoms with Crippen LogP contribution >= 0.6 is 0 Å². The van der Waals surface area contributed by atoms with Crippen molar-refractivity contribution in [2.45, 2.75) is 110 Å². The minimum absolute atomic E-state index is 0.171. The summed E-state index contributed by atoms with van der Waals surface area (Å²) in [6, 6.07) is -1.19. The van der Waals surface area contributed by atoms with Crippen LogP contribution in [-0.4, -0.2) is 78.5 Å². The Morgan fingerprint density at radius 3 is 2.13 bits per heavy atom. The van der Waals surface area contributed by atoms with Gasteiger partial charge in [-0.3, -0.25) is 9.79 Å². The van der Waals surface area contributed by atoms with E-state index in [2.05, 4.69) is 15.7 Å². The highest BCUT2D eigenvalue weighted by molar-refractivity contribution is 5.89. The molecule has 2 N–H and O–H groups in total. The average molecular weight is 555 g/mol. The monoisotopic (exact) mass is 554 g/mol. The van der Waals surface area contributed by atoms with E-state index in [9.17, 15) is 19.2 Å². The van der Waals surface area contributed by atoms with Gasteiger partial charge in [-0.1, -0.05) is 19.4 Å². The third-order valence-electron chi connectivity index (χ3n) is 5.90.